The minimum absolute atomic E-state index is 0.113. The molecule has 8 heteroatoms. The summed E-state index contributed by atoms with van der Waals surface area (Å²) in [6.07, 6.45) is 0. The smallest absolute Gasteiger partial charge is 0.344 e. The maximum atomic E-state index is 11.9. The SMILES string of the molecule is COc1cc(C(C)=O)ccc1OCC(=O)OCC(=O)Nc1ccccc1I. The molecule has 0 spiro atoms. The molecule has 0 saturated heterocycles. The highest BCUT2D eigenvalue weighted by Gasteiger charge is 2.13. The summed E-state index contributed by atoms with van der Waals surface area (Å²) in [5, 5.41) is 2.66. The van der Waals surface area contributed by atoms with Gasteiger partial charge in [0.1, 0.15) is 0 Å². The number of carbonyl (C=O) groups is 3. The van der Waals surface area contributed by atoms with Crippen LogP contribution in [0.2, 0.25) is 0 Å². The first-order valence-electron chi connectivity index (χ1n) is 7.92. The Morgan fingerprint density at radius 1 is 1.04 bits per heavy atom. The number of methoxy groups -OCH3 is 1. The summed E-state index contributed by atoms with van der Waals surface area (Å²) in [4.78, 5) is 35.0. The largest absolute Gasteiger partial charge is 0.493 e. The van der Waals surface area contributed by atoms with Crippen LogP contribution in [0.5, 0.6) is 11.5 Å². The first-order chi connectivity index (χ1) is 12.9. The van der Waals surface area contributed by atoms with Gasteiger partial charge in [-0.25, -0.2) is 4.79 Å². The number of para-hydroxylation sites is 1. The van der Waals surface area contributed by atoms with E-state index in [0.717, 1.165) is 3.57 Å². The molecule has 1 N–H and O–H groups in total. The van der Waals surface area contributed by atoms with E-state index in [-0.39, 0.29) is 5.78 Å². The third-order valence-electron chi connectivity index (χ3n) is 3.43. The van der Waals surface area contributed by atoms with Gasteiger partial charge in [-0.05, 0) is 59.8 Å². The van der Waals surface area contributed by atoms with Gasteiger partial charge in [-0.2, -0.15) is 0 Å². The topological polar surface area (TPSA) is 90.9 Å². The third kappa shape index (κ3) is 6.24. The van der Waals surface area contributed by atoms with Crippen LogP contribution in [0, 0.1) is 3.57 Å². The molecule has 0 aliphatic carbocycles. The van der Waals surface area contributed by atoms with Gasteiger partial charge in [0.2, 0.25) is 0 Å². The number of ether oxygens (including phenoxy) is 3. The highest BCUT2D eigenvalue weighted by atomic mass is 127. The average Bonchev–Trinajstić information content (AvgIpc) is 2.66. The monoisotopic (exact) mass is 483 g/mol. The van der Waals surface area contributed by atoms with E-state index in [9.17, 15) is 14.4 Å². The zero-order valence-corrected chi connectivity index (χ0v) is 16.9. The van der Waals surface area contributed by atoms with E-state index in [2.05, 4.69) is 27.9 Å². The van der Waals surface area contributed by atoms with Crippen molar-refractivity contribution in [3.63, 3.8) is 0 Å². The Balaban J connectivity index is 1.83. The average molecular weight is 483 g/mol. The first-order valence-corrected chi connectivity index (χ1v) is 9.00. The number of anilines is 1. The van der Waals surface area contributed by atoms with Crippen LogP contribution >= 0.6 is 22.6 Å². The van der Waals surface area contributed by atoms with Crippen LogP contribution in [-0.4, -0.2) is 38.0 Å². The van der Waals surface area contributed by atoms with Gasteiger partial charge in [-0.3, -0.25) is 9.59 Å². The van der Waals surface area contributed by atoms with Gasteiger partial charge < -0.3 is 19.5 Å². The first kappa shape index (κ1) is 20.7. The molecule has 27 heavy (non-hydrogen) atoms. The number of ketones is 1. The normalized spacial score (nSPS) is 10.0. The van der Waals surface area contributed by atoms with Crippen LogP contribution in [-0.2, 0) is 14.3 Å². The second kappa shape index (κ2) is 9.91. The Bertz CT molecular complexity index is 852. The molecule has 0 aromatic heterocycles. The van der Waals surface area contributed by atoms with Crippen molar-refractivity contribution in [1.29, 1.82) is 0 Å². The molecule has 0 saturated carbocycles. The zero-order chi connectivity index (χ0) is 19.8. The fourth-order valence-corrected chi connectivity index (χ4v) is 2.60. The predicted octanol–water partition coefficient (Wildman–Crippen LogP) is 3.06. The summed E-state index contributed by atoms with van der Waals surface area (Å²) in [5.74, 6) is -0.644. The number of Topliss-reactive ketones (excluding diaryl/α,β-unsaturated/α-hetero) is 1. The van der Waals surface area contributed by atoms with E-state index < -0.39 is 25.1 Å². The number of hydrogen-bond donors (Lipinski definition) is 1. The van der Waals surface area contributed by atoms with E-state index >= 15 is 0 Å². The Labute approximate surface area is 170 Å². The molecular weight excluding hydrogens is 465 g/mol. The molecule has 0 radical (unpaired) electrons. The lowest BCUT2D eigenvalue weighted by Gasteiger charge is -2.11. The lowest BCUT2D eigenvalue weighted by atomic mass is 10.1. The number of carbonyl (C=O) groups excluding carboxylic acids is 3. The summed E-state index contributed by atoms with van der Waals surface area (Å²) in [6, 6.07) is 11.9. The van der Waals surface area contributed by atoms with Crippen LogP contribution in [0.25, 0.3) is 0 Å². The van der Waals surface area contributed by atoms with Gasteiger partial charge in [0.15, 0.2) is 30.5 Å². The minimum atomic E-state index is -0.703. The van der Waals surface area contributed by atoms with Gasteiger partial charge in [-0.1, -0.05) is 12.1 Å². The summed E-state index contributed by atoms with van der Waals surface area (Å²) in [6.45, 7) is 0.619. The standard InChI is InChI=1S/C19H18INO6/c1-12(22)13-7-8-16(17(9-13)25-2)26-11-19(24)27-10-18(23)21-15-6-4-3-5-14(15)20/h3-9H,10-11H2,1-2H3,(H,21,23). The van der Waals surface area contributed by atoms with Crippen LogP contribution < -0.4 is 14.8 Å². The number of rotatable bonds is 8. The van der Waals surface area contributed by atoms with Gasteiger partial charge in [0.25, 0.3) is 5.91 Å². The molecule has 7 nitrogen and oxygen atoms in total. The Hall–Kier alpha value is -2.62. The van der Waals surface area contributed by atoms with E-state index in [1.54, 1.807) is 18.2 Å². The molecule has 2 aromatic carbocycles. The third-order valence-corrected chi connectivity index (χ3v) is 4.37. The van der Waals surface area contributed by atoms with E-state index in [0.29, 0.717) is 22.7 Å². The molecule has 0 unspecified atom stereocenters. The van der Waals surface area contributed by atoms with Gasteiger partial charge in [0.05, 0.1) is 12.8 Å². The number of hydrogen-bond acceptors (Lipinski definition) is 6. The van der Waals surface area contributed by atoms with Gasteiger partial charge >= 0.3 is 5.97 Å². The molecular formula is C19H18INO6. The van der Waals surface area contributed by atoms with Crippen molar-refractivity contribution in [3.8, 4) is 11.5 Å². The van der Waals surface area contributed by atoms with Crippen molar-refractivity contribution in [2.24, 2.45) is 0 Å². The quantitative estimate of drug-likeness (QED) is 0.353. The van der Waals surface area contributed by atoms with E-state index in [4.69, 9.17) is 14.2 Å². The second-order valence-electron chi connectivity index (χ2n) is 5.40. The molecule has 0 aliphatic rings. The maximum Gasteiger partial charge on any atom is 0.344 e. The summed E-state index contributed by atoms with van der Waals surface area (Å²) >= 11 is 2.09. The highest BCUT2D eigenvalue weighted by Crippen LogP contribution is 2.28. The lowest BCUT2D eigenvalue weighted by Crippen LogP contribution is -2.24. The molecule has 0 fully saturated rings. The Morgan fingerprint density at radius 2 is 1.78 bits per heavy atom. The molecule has 0 aliphatic heterocycles. The molecule has 0 heterocycles. The van der Waals surface area contributed by atoms with Gasteiger partial charge in [-0.15, -0.1) is 0 Å². The van der Waals surface area contributed by atoms with Crippen LogP contribution in [0.1, 0.15) is 17.3 Å². The van der Waals surface area contributed by atoms with Gasteiger partial charge in [0, 0.05) is 9.13 Å². The van der Waals surface area contributed by atoms with Crippen molar-refractivity contribution in [2.45, 2.75) is 6.92 Å². The maximum absolute atomic E-state index is 11.9. The van der Waals surface area contributed by atoms with E-state index in [1.807, 2.05) is 12.1 Å². The molecule has 1 amide bonds. The van der Waals surface area contributed by atoms with E-state index in [1.165, 1.54) is 26.2 Å². The van der Waals surface area contributed by atoms with Crippen molar-refractivity contribution in [1.82, 2.24) is 0 Å². The van der Waals surface area contributed by atoms with Crippen LogP contribution in [0.3, 0.4) is 0 Å². The van der Waals surface area contributed by atoms with Crippen molar-refractivity contribution in [2.75, 3.05) is 25.6 Å². The number of benzene rings is 2. The fraction of sp³-hybridized carbons (Fsp3) is 0.211. The Kier molecular flexibility index (Phi) is 7.59. The van der Waals surface area contributed by atoms with Crippen molar-refractivity contribution in [3.05, 3.63) is 51.6 Å². The minimum Gasteiger partial charge on any atom is -0.493 e. The highest BCUT2D eigenvalue weighted by molar-refractivity contribution is 14.1. The summed E-state index contributed by atoms with van der Waals surface area (Å²) in [5.41, 5.74) is 1.11. The Morgan fingerprint density at radius 3 is 2.44 bits per heavy atom. The molecule has 142 valence electrons. The van der Waals surface area contributed by atoms with Crippen molar-refractivity contribution < 1.29 is 28.6 Å². The van der Waals surface area contributed by atoms with Crippen molar-refractivity contribution >= 4 is 45.9 Å². The number of halogens is 1. The fourth-order valence-electron chi connectivity index (χ4n) is 2.08. The summed E-state index contributed by atoms with van der Waals surface area (Å²) in [7, 11) is 1.43. The van der Waals surface area contributed by atoms with Crippen LogP contribution in [0.4, 0.5) is 5.69 Å². The molecule has 0 bridgehead atoms. The zero-order valence-electron chi connectivity index (χ0n) is 14.8. The lowest BCUT2D eigenvalue weighted by molar-refractivity contribution is -0.149. The predicted molar refractivity (Wildman–Crippen MR) is 107 cm³/mol. The molecule has 2 rings (SSSR count). The summed E-state index contributed by atoms with van der Waals surface area (Å²) < 4.78 is 16.3. The molecule has 2 aromatic rings. The number of amides is 1. The molecule has 0 atom stereocenters. The van der Waals surface area contributed by atoms with Crippen LogP contribution in [0.15, 0.2) is 42.5 Å². The number of nitrogens with one attached hydrogen (secondary N) is 1. The number of esters is 1. The second-order valence-corrected chi connectivity index (χ2v) is 6.56.